The molecule has 1 unspecified atom stereocenters. The van der Waals surface area contributed by atoms with Crippen molar-refractivity contribution in [2.75, 3.05) is 5.32 Å². The van der Waals surface area contributed by atoms with E-state index in [4.69, 9.17) is 0 Å². The molecule has 3 heteroatoms. The van der Waals surface area contributed by atoms with E-state index in [9.17, 15) is 0 Å². The van der Waals surface area contributed by atoms with Crippen LogP contribution >= 0.6 is 0 Å². The topological polar surface area (TPSA) is 29.9 Å². The summed E-state index contributed by atoms with van der Waals surface area (Å²) in [5, 5.41) is 3.52. The highest BCUT2D eigenvalue weighted by Crippen LogP contribution is 2.28. The summed E-state index contributed by atoms with van der Waals surface area (Å²) in [6.07, 6.45) is 4.67. The summed E-state index contributed by atoms with van der Waals surface area (Å²) in [4.78, 5) is 4.61. The molecular weight excluding hydrogens is 234 g/mol. The minimum atomic E-state index is 0.308. The summed E-state index contributed by atoms with van der Waals surface area (Å²) in [6.45, 7) is 6.40. The maximum absolute atomic E-state index is 4.61. The van der Waals surface area contributed by atoms with E-state index in [2.05, 4.69) is 66.1 Å². The van der Waals surface area contributed by atoms with Gasteiger partial charge in [-0.1, -0.05) is 29.8 Å². The second-order valence-electron chi connectivity index (χ2n) is 5.62. The van der Waals surface area contributed by atoms with E-state index in [0.717, 1.165) is 11.6 Å². The van der Waals surface area contributed by atoms with Gasteiger partial charge < -0.3 is 9.88 Å². The van der Waals surface area contributed by atoms with Crippen LogP contribution in [-0.2, 0) is 0 Å². The van der Waals surface area contributed by atoms with Crippen molar-refractivity contribution in [2.45, 2.75) is 45.7 Å². The number of imidazole rings is 1. The molecule has 2 aromatic rings. The predicted octanol–water partition coefficient (Wildman–Crippen LogP) is 3.68. The van der Waals surface area contributed by atoms with Crippen LogP contribution in [0.3, 0.4) is 0 Å². The first kappa shape index (κ1) is 12.3. The average molecular weight is 255 g/mol. The summed E-state index contributed by atoms with van der Waals surface area (Å²) in [5.74, 6) is 1.01. The number of benzene rings is 1. The van der Waals surface area contributed by atoms with Gasteiger partial charge in [0.15, 0.2) is 0 Å². The molecule has 0 aliphatic heterocycles. The van der Waals surface area contributed by atoms with E-state index in [0.29, 0.717) is 12.1 Å². The van der Waals surface area contributed by atoms with Crippen LogP contribution < -0.4 is 5.32 Å². The van der Waals surface area contributed by atoms with Gasteiger partial charge in [-0.3, -0.25) is 0 Å². The highest BCUT2D eigenvalue weighted by atomic mass is 15.2. The molecular formula is C16H21N3. The first-order valence-corrected chi connectivity index (χ1v) is 7.02. The van der Waals surface area contributed by atoms with E-state index in [-0.39, 0.29) is 0 Å². The fourth-order valence-corrected chi connectivity index (χ4v) is 2.33. The highest BCUT2D eigenvalue weighted by molar-refractivity contribution is 5.35. The van der Waals surface area contributed by atoms with Gasteiger partial charge >= 0.3 is 0 Å². The summed E-state index contributed by atoms with van der Waals surface area (Å²) in [5.41, 5.74) is 3.69. The number of nitrogens with zero attached hydrogens (tertiary/aromatic N) is 2. The molecule has 1 aliphatic carbocycles. The number of hydrogen-bond acceptors (Lipinski definition) is 2. The van der Waals surface area contributed by atoms with E-state index in [1.165, 1.54) is 24.0 Å². The maximum atomic E-state index is 4.61. The van der Waals surface area contributed by atoms with Crippen LogP contribution in [0.25, 0.3) is 0 Å². The molecule has 1 aliphatic rings. The Balaban J connectivity index is 1.89. The van der Waals surface area contributed by atoms with Crippen molar-refractivity contribution in [3.8, 4) is 0 Å². The molecule has 19 heavy (non-hydrogen) atoms. The first-order valence-electron chi connectivity index (χ1n) is 7.02. The van der Waals surface area contributed by atoms with Crippen LogP contribution in [0.5, 0.6) is 0 Å². The Kier molecular flexibility index (Phi) is 3.05. The number of aryl methyl sites for hydroxylation is 2. The summed E-state index contributed by atoms with van der Waals surface area (Å²) >= 11 is 0. The summed E-state index contributed by atoms with van der Waals surface area (Å²) in [6, 6.07) is 9.69. The SMILES string of the molecule is Cc1ccc(C(C)n2cc(C)nc2NC2CC2)cc1. The molecule has 1 heterocycles. The lowest BCUT2D eigenvalue weighted by atomic mass is 10.1. The number of aromatic nitrogens is 2. The van der Waals surface area contributed by atoms with Crippen LogP contribution in [0.2, 0.25) is 0 Å². The monoisotopic (exact) mass is 255 g/mol. The zero-order valence-corrected chi connectivity index (χ0v) is 11.9. The van der Waals surface area contributed by atoms with Gasteiger partial charge in [0.05, 0.1) is 11.7 Å². The standard InChI is InChI=1S/C16H21N3/c1-11-4-6-14(7-5-11)13(3)19-10-12(2)17-16(19)18-15-8-9-15/h4-7,10,13,15H,8-9H2,1-3H3,(H,17,18). The Morgan fingerprint density at radius 3 is 2.53 bits per heavy atom. The Bertz CT molecular complexity index is 564. The largest absolute Gasteiger partial charge is 0.353 e. The van der Waals surface area contributed by atoms with Gasteiger partial charge in [-0.05, 0) is 39.2 Å². The van der Waals surface area contributed by atoms with Crippen LogP contribution in [0.4, 0.5) is 5.95 Å². The third kappa shape index (κ3) is 2.65. The van der Waals surface area contributed by atoms with Gasteiger partial charge in [0.1, 0.15) is 0 Å². The zero-order valence-electron chi connectivity index (χ0n) is 11.9. The van der Waals surface area contributed by atoms with E-state index in [1.54, 1.807) is 0 Å². The number of hydrogen-bond donors (Lipinski definition) is 1. The van der Waals surface area contributed by atoms with Crippen molar-refractivity contribution < 1.29 is 0 Å². The van der Waals surface area contributed by atoms with Gasteiger partial charge in [0, 0.05) is 12.2 Å². The smallest absolute Gasteiger partial charge is 0.203 e. The normalized spacial score (nSPS) is 16.4. The molecule has 0 amide bonds. The van der Waals surface area contributed by atoms with Crippen LogP contribution in [0.15, 0.2) is 30.5 Å². The molecule has 100 valence electrons. The van der Waals surface area contributed by atoms with Crippen LogP contribution in [0, 0.1) is 13.8 Å². The van der Waals surface area contributed by atoms with Gasteiger partial charge in [-0.2, -0.15) is 0 Å². The number of nitrogens with one attached hydrogen (secondary N) is 1. The lowest BCUT2D eigenvalue weighted by Crippen LogP contribution is -2.12. The quantitative estimate of drug-likeness (QED) is 0.903. The Morgan fingerprint density at radius 1 is 1.21 bits per heavy atom. The fourth-order valence-electron chi connectivity index (χ4n) is 2.33. The number of rotatable bonds is 4. The molecule has 0 saturated heterocycles. The third-order valence-electron chi connectivity index (χ3n) is 3.74. The summed E-state index contributed by atoms with van der Waals surface area (Å²) < 4.78 is 2.25. The van der Waals surface area contributed by atoms with Crippen molar-refractivity contribution in [3.63, 3.8) is 0 Å². The minimum Gasteiger partial charge on any atom is -0.353 e. The van der Waals surface area contributed by atoms with E-state index < -0.39 is 0 Å². The van der Waals surface area contributed by atoms with Gasteiger partial charge in [-0.15, -0.1) is 0 Å². The molecule has 1 atom stereocenters. The van der Waals surface area contributed by atoms with E-state index in [1.807, 2.05) is 0 Å². The van der Waals surface area contributed by atoms with Crippen LogP contribution in [0.1, 0.15) is 42.6 Å². The second-order valence-corrected chi connectivity index (χ2v) is 5.62. The Labute approximate surface area is 114 Å². The maximum Gasteiger partial charge on any atom is 0.203 e. The van der Waals surface area contributed by atoms with Crippen molar-refractivity contribution in [1.82, 2.24) is 9.55 Å². The molecule has 3 rings (SSSR count). The first-order chi connectivity index (χ1) is 9.13. The molecule has 0 bridgehead atoms. The Morgan fingerprint density at radius 2 is 1.89 bits per heavy atom. The molecule has 1 saturated carbocycles. The molecule has 1 fully saturated rings. The molecule has 0 radical (unpaired) electrons. The van der Waals surface area contributed by atoms with Crippen molar-refractivity contribution in [1.29, 1.82) is 0 Å². The highest BCUT2D eigenvalue weighted by Gasteiger charge is 2.24. The molecule has 1 aromatic heterocycles. The second kappa shape index (κ2) is 4.72. The Hall–Kier alpha value is -1.77. The lowest BCUT2D eigenvalue weighted by molar-refractivity contribution is 0.642. The van der Waals surface area contributed by atoms with Gasteiger partial charge in [0.2, 0.25) is 5.95 Å². The summed E-state index contributed by atoms with van der Waals surface area (Å²) in [7, 11) is 0. The van der Waals surface area contributed by atoms with Crippen LogP contribution in [-0.4, -0.2) is 15.6 Å². The zero-order chi connectivity index (χ0) is 13.4. The van der Waals surface area contributed by atoms with Gasteiger partial charge in [-0.25, -0.2) is 4.98 Å². The van der Waals surface area contributed by atoms with E-state index >= 15 is 0 Å². The molecule has 1 aromatic carbocycles. The van der Waals surface area contributed by atoms with Crippen molar-refractivity contribution in [2.24, 2.45) is 0 Å². The lowest BCUT2D eigenvalue weighted by Gasteiger charge is -2.17. The molecule has 1 N–H and O–H groups in total. The van der Waals surface area contributed by atoms with Gasteiger partial charge in [0.25, 0.3) is 0 Å². The molecule has 3 nitrogen and oxygen atoms in total. The average Bonchev–Trinajstić information content (AvgIpc) is 3.12. The predicted molar refractivity (Wildman–Crippen MR) is 78.6 cm³/mol. The molecule has 0 spiro atoms. The fraction of sp³-hybridized carbons (Fsp3) is 0.438. The minimum absolute atomic E-state index is 0.308. The van der Waals surface area contributed by atoms with Crippen molar-refractivity contribution in [3.05, 3.63) is 47.3 Å². The van der Waals surface area contributed by atoms with Crippen molar-refractivity contribution >= 4 is 5.95 Å². The number of anilines is 1. The third-order valence-corrected chi connectivity index (χ3v) is 3.74.